The smallest absolute Gasteiger partial charge is 0.267 e. The van der Waals surface area contributed by atoms with E-state index in [4.69, 9.17) is 14.5 Å². The van der Waals surface area contributed by atoms with Gasteiger partial charge in [0.2, 0.25) is 0 Å². The minimum atomic E-state index is -0.0682. The summed E-state index contributed by atoms with van der Waals surface area (Å²) >= 11 is 1.38. The number of amides is 1. The second-order valence-electron chi connectivity index (χ2n) is 7.06. The van der Waals surface area contributed by atoms with Crippen molar-refractivity contribution in [1.29, 1.82) is 0 Å². The van der Waals surface area contributed by atoms with Crippen molar-refractivity contribution in [3.05, 3.63) is 94.9 Å². The van der Waals surface area contributed by atoms with Crippen molar-refractivity contribution in [1.82, 2.24) is 4.90 Å². The van der Waals surface area contributed by atoms with Crippen LogP contribution in [0.3, 0.4) is 0 Å². The zero-order valence-electron chi connectivity index (χ0n) is 18.0. The number of para-hydroxylation sites is 1. The summed E-state index contributed by atoms with van der Waals surface area (Å²) in [5, 5.41) is 0.661. The summed E-state index contributed by atoms with van der Waals surface area (Å²) in [6, 6.07) is 25.3. The monoisotopic (exact) mass is 444 g/mol. The van der Waals surface area contributed by atoms with Gasteiger partial charge in [-0.25, -0.2) is 4.99 Å². The van der Waals surface area contributed by atoms with E-state index < -0.39 is 0 Å². The van der Waals surface area contributed by atoms with Crippen molar-refractivity contribution in [2.45, 2.75) is 13.5 Å². The van der Waals surface area contributed by atoms with Gasteiger partial charge in [-0.1, -0.05) is 54.6 Å². The summed E-state index contributed by atoms with van der Waals surface area (Å²) in [6.45, 7) is 2.94. The van der Waals surface area contributed by atoms with Gasteiger partial charge in [0.05, 0.1) is 30.9 Å². The van der Waals surface area contributed by atoms with E-state index in [2.05, 4.69) is 0 Å². The molecule has 4 rings (SSSR count). The van der Waals surface area contributed by atoms with Gasteiger partial charge in [-0.3, -0.25) is 9.69 Å². The third-order valence-corrected chi connectivity index (χ3v) is 5.84. The van der Waals surface area contributed by atoms with Crippen LogP contribution in [-0.4, -0.2) is 29.7 Å². The zero-order valence-corrected chi connectivity index (χ0v) is 18.8. The molecular formula is C26H24N2O3S. The summed E-state index contributed by atoms with van der Waals surface area (Å²) < 4.78 is 11.0. The number of thioether (sulfide) groups is 1. The van der Waals surface area contributed by atoms with Crippen LogP contribution in [0, 0.1) is 0 Å². The number of amidine groups is 1. The van der Waals surface area contributed by atoms with Crippen molar-refractivity contribution >= 4 is 34.6 Å². The quantitative estimate of drug-likeness (QED) is 0.426. The fourth-order valence-electron chi connectivity index (χ4n) is 3.31. The Morgan fingerprint density at radius 2 is 1.69 bits per heavy atom. The van der Waals surface area contributed by atoms with Crippen LogP contribution in [-0.2, 0) is 11.3 Å². The lowest BCUT2D eigenvalue weighted by Crippen LogP contribution is -2.28. The Morgan fingerprint density at radius 3 is 2.38 bits per heavy atom. The van der Waals surface area contributed by atoms with Crippen LogP contribution in [0.4, 0.5) is 5.69 Å². The number of ether oxygens (including phenoxy) is 2. The van der Waals surface area contributed by atoms with Crippen LogP contribution < -0.4 is 9.47 Å². The highest BCUT2D eigenvalue weighted by Crippen LogP contribution is 2.36. The van der Waals surface area contributed by atoms with E-state index in [1.54, 1.807) is 12.0 Å². The fourth-order valence-corrected chi connectivity index (χ4v) is 4.31. The molecule has 3 aromatic rings. The predicted molar refractivity (Wildman–Crippen MR) is 130 cm³/mol. The van der Waals surface area contributed by atoms with Crippen LogP contribution in [0.5, 0.6) is 11.5 Å². The normalized spacial score (nSPS) is 16.1. The summed E-state index contributed by atoms with van der Waals surface area (Å²) in [5.41, 5.74) is 2.72. The zero-order chi connectivity index (χ0) is 22.3. The van der Waals surface area contributed by atoms with E-state index >= 15 is 0 Å². The summed E-state index contributed by atoms with van der Waals surface area (Å²) in [6.07, 6.45) is 1.87. The number of methoxy groups -OCH3 is 1. The molecule has 0 saturated carbocycles. The largest absolute Gasteiger partial charge is 0.493 e. The molecule has 1 saturated heterocycles. The van der Waals surface area contributed by atoms with E-state index in [-0.39, 0.29) is 5.91 Å². The summed E-state index contributed by atoms with van der Waals surface area (Å²) in [7, 11) is 1.61. The Balaban J connectivity index is 1.68. The van der Waals surface area contributed by atoms with Crippen molar-refractivity contribution < 1.29 is 14.3 Å². The lowest BCUT2D eigenvalue weighted by Gasteiger charge is -2.15. The van der Waals surface area contributed by atoms with E-state index in [1.807, 2.05) is 91.9 Å². The maximum atomic E-state index is 13.3. The molecule has 0 aliphatic carbocycles. The first-order valence-electron chi connectivity index (χ1n) is 10.4. The first-order chi connectivity index (χ1) is 15.7. The minimum absolute atomic E-state index is 0.0682. The average molecular weight is 445 g/mol. The van der Waals surface area contributed by atoms with Gasteiger partial charge in [0.15, 0.2) is 16.7 Å². The molecule has 1 heterocycles. The molecule has 5 nitrogen and oxygen atoms in total. The average Bonchev–Trinajstić information content (AvgIpc) is 3.10. The van der Waals surface area contributed by atoms with Crippen LogP contribution in [0.25, 0.3) is 6.08 Å². The third-order valence-electron chi connectivity index (χ3n) is 4.84. The Labute approximate surface area is 192 Å². The molecule has 32 heavy (non-hydrogen) atoms. The molecule has 0 radical (unpaired) electrons. The minimum Gasteiger partial charge on any atom is -0.493 e. The lowest BCUT2D eigenvalue weighted by atomic mass is 10.1. The molecule has 1 aliphatic rings. The van der Waals surface area contributed by atoms with Gasteiger partial charge in [-0.05, 0) is 60.2 Å². The highest BCUT2D eigenvalue weighted by atomic mass is 32.2. The molecule has 0 bridgehead atoms. The van der Waals surface area contributed by atoms with Crippen LogP contribution >= 0.6 is 11.8 Å². The number of carbonyl (C=O) groups is 1. The molecule has 0 unspecified atom stereocenters. The molecule has 162 valence electrons. The molecule has 1 aliphatic heterocycles. The molecular weight excluding hydrogens is 420 g/mol. The fraction of sp³-hybridized carbons (Fsp3) is 0.154. The predicted octanol–water partition coefficient (Wildman–Crippen LogP) is 5.90. The second kappa shape index (κ2) is 10.2. The standard InChI is InChI=1S/C26H24N2O3S/c1-3-31-22-15-14-20(16-23(22)30-2)17-24-25(29)28(18-19-10-6-4-7-11-19)26(32-24)27-21-12-8-5-9-13-21/h4-17H,3,18H2,1-2H3/b24-17+,27-26?. The van der Waals surface area contributed by atoms with Crippen molar-refractivity contribution in [2.24, 2.45) is 4.99 Å². The second-order valence-corrected chi connectivity index (χ2v) is 8.07. The first kappa shape index (κ1) is 21.7. The molecule has 6 heteroatoms. The van der Waals surface area contributed by atoms with Crippen molar-refractivity contribution in [3.8, 4) is 11.5 Å². The number of nitrogens with zero attached hydrogens (tertiary/aromatic N) is 2. The number of rotatable bonds is 7. The molecule has 0 N–H and O–H groups in total. The van der Waals surface area contributed by atoms with Gasteiger partial charge in [0.1, 0.15) is 0 Å². The molecule has 3 aromatic carbocycles. The lowest BCUT2D eigenvalue weighted by molar-refractivity contribution is -0.122. The maximum absolute atomic E-state index is 13.3. The van der Waals surface area contributed by atoms with Gasteiger partial charge in [0.25, 0.3) is 5.91 Å². The van der Waals surface area contributed by atoms with Crippen LogP contribution in [0.1, 0.15) is 18.1 Å². The number of hydrogen-bond acceptors (Lipinski definition) is 5. The number of aliphatic imine (C=N–C) groups is 1. The maximum Gasteiger partial charge on any atom is 0.267 e. The van der Waals surface area contributed by atoms with E-state index in [1.165, 1.54) is 11.8 Å². The van der Waals surface area contributed by atoms with Crippen molar-refractivity contribution in [3.63, 3.8) is 0 Å². The van der Waals surface area contributed by atoms with Crippen LogP contribution in [0.2, 0.25) is 0 Å². The third kappa shape index (κ3) is 5.03. The Bertz CT molecular complexity index is 1140. The molecule has 1 amide bonds. The molecule has 0 spiro atoms. The van der Waals surface area contributed by atoms with Crippen molar-refractivity contribution in [2.75, 3.05) is 13.7 Å². The summed E-state index contributed by atoms with van der Waals surface area (Å²) in [5.74, 6) is 1.25. The molecule has 1 fully saturated rings. The van der Waals surface area contributed by atoms with Gasteiger partial charge >= 0.3 is 0 Å². The number of carbonyl (C=O) groups excluding carboxylic acids is 1. The first-order valence-corrected chi connectivity index (χ1v) is 11.2. The van der Waals surface area contributed by atoms with E-state index in [0.717, 1.165) is 16.8 Å². The topological polar surface area (TPSA) is 51.1 Å². The Hall–Kier alpha value is -3.51. The van der Waals surface area contributed by atoms with E-state index in [9.17, 15) is 4.79 Å². The van der Waals surface area contributed by atoms with Gasteiger partial charge in [-0.2, -0.15) is 0 Å². The number of hydrogen-bond donors (Lipinski definition) is 0. The Morgan fingerprint density at radius 1 is 0.969 bits per heavy atom. The summed E-state index contributed by atoms with van der Waals surface area (Å²) in [4.78, 5) is 20.4. The van der Waals surface area contributed by atoms with E-state index in [0.29, 0.717) is 34.7 Å². The van der Waals surface area contributed by atoms with Gasteiger partial charge in [0, 0.05) is 0 Å². The highest BCUT2D eigenvalue weighted by molar-refractivity contribution is 8.18. The SMILES string of the molecule is CCOc1ccc(/C=C2/SC(=Nc3ccccc3)N(Cc3ccccc3)C2=O)cc1OC. The molecule has 0 aromatic heterocycles. The highest BCUT2D eigenvalue weighted by Gasteiger charge is 2.33. The van der Waals surface area contributed by atoms with Gasteiger partial charge < -0.3 is 9.47 Å². The van der Waals surface area contributed by atoms with Gasteiger partial charge in [-0.15, -0.1) is 0 Å². The van der Waals surface area contributed by atoms with Crippen LogP contribution in [0.15, 0.2) is 88.8 Å². The number of benzene rings is 3. The molecule has 0 atom stereocenters. The Kier molecular flexibility index (Phi) is 6.92.